The van der Waals surface area contributed by atoms with Crippen molar-refractivity contribution in [1.29, 1.82) is 0 Å². The number of aromatic nitrogens is 8. The van der Waals surface area contributed by atoms with E-state index in [-0.39, 0.29) is 11.5 Å². The molecule has 5 aromatic heterocycles. The van der Waals surface area contributed by atoms with Gasteiger partial charge in [0.2, 0.25) is 5.95 Å². The Labute approximate surface area is 224 Å². The number of anilines is 2. The lowest BCUT2D eigenvalue weighted by atomic mass is 9.91. The van der Waals surface area contributed by atoms with Gasteiger partial charge in [-0.3, -0.25) is 9.08 Å². The first kappa shape index (κ1) is 24.0. The zero-order valence-electron chi connectivity index (χ0n) is 22.4. The van der Waals surface area contributed by atoms with Crippen molar-refractivity contribution in [3.8, 4) is 11.5 Å². The highest BCUT2D eigenvalue weighted by atomic mass is 16.5. The van der Waals surface area contributed by atoms with Crippen molar-refractivity contribution in [2.75, 3.05) is 18.5 Å². The summed E-state index contributed by atoms with van der Waals surface area (Å²) in [6.45, 7) is 7.11. The summed E-state index contributed by atoms with van der Waals surface area (Å²) in [7, 11) is 1.92. The van der Waals surface area contributed by atoms with Gasteiger partial charge in [0, 0.05) is 36.2 Å². The highest BCUT2D eigenvalue weighted by Gasteiger charge is 2.33. The molecular weight excluding hydrogens is 498 g/mol. The molecule has 2 atom stereocenters. The monoisotopic (exact) mass is 529 g/mol. The van der Waals surface area contributed by atoms with Crippen molar-refractivity contribution in [2.24, 2.45) is 7.05 Å². The number of hydrogen-bond donors (Lipinski definition) is 2. The average Bonchev–Trinajstić information content (AvgIpc) is 3.20. The van der Waals surface area contributed by atoms with Crippen LogP contribution in [0.2, 0.25) is 0 Å². The molecule has 1 aliphatic carbocycles. The third-order valence-corrected chi connectivity index (χ3v) is 7.36. The van der Waals surface area contributed by atoms with Crippen LogP contribution in [-0.2, 0) is 17.2 Å². The standard InChI is InChI=1S/C27H31N9O3/c1-27(2,3)21-8-22(33-36(21)19-13-38-14-20(19)37)31-26-32-24-18(34(26)4)7-16(9-29-24)39-17-10-28-23-11-30-25(15-5-6-15)35(23)12-17/h7-12,15,19-20,37H,5-6,13-14H2,1-4H3,(H,29,31,32,33)/t19-,20-/m0/s1. The fourth-order valence-electron chi connectivity index (χ4n) is 5.08. The summed E-state index contributed by atoms with van der Waals surface area (Å²) in [5.41, 5.74) is 3.03. The minimum atomic E-state index is -0.595. The normalized spacial score (nSPS) is 19.8. The summed E-state index contributed by atoms with van der Waals surface area (Å²) >= 11 is 0. The topological polar surface area (TPSA) is 129 Å². The molecule has 2 fully saturated rings. The Morgan fingerprint density at radius 1 is 1.05 bits per heavy atom. The van der Waals surface area contributed by atoms with Crippen LogP contribution < -0.4 is 10.1 Å². The van der Waals surface area contributed by atoms with Gasteiger partial charge in [0.15, 0.2) is 22.9 Å². The quantitative estimate of drug-likeness (QED) is 0.337. The highest BCUT2D eigenvalue weighted by molar-refractivity contribution is 5.77. The van der Waals surface area contributed by atoms with E-state index in [2.05, 4.69) is 46.0 Å². The van der Waals surface area contributed by atoms with Crippen molar-refractivity contribution in [2.45, 2.75) is 57.1 Å². The lowest BCUT2D eigenvalue weighted by Gasteiger charge is -2.24. The van der Waals surface area contributed by atoms with E-state index in [1.54, 1.807) is 18.6 Å². The summed E-state index contributed by atoms with van der Waals surface area (Å²) in [5.74, 6) is 3.97. The fourth-order valence-corrected chi connectivity index (χ4v) is 5.08. The molecule has 202 valence electrons. The molecule has 0 aromatic carbocycles. The Hall–Kier alpha value is -4.03. The van der Waals surface area contributed by atoms with Crippen LogP contribution >= 0.6 is 0 Å². The molecule has 39 heavy (non-hydrogen) atoms. The van der Waals surface area contributed by atoms with Crippen molar-refractivity contribution < 1.29 is 14.6 Å². The Balaban J connectivity index is 1.17. The van der Waals surface area contributed by atoms with E-state index in [1.807, 2.05) is 39.0 Å². The van der Waals surface area contributed by atoms with E-state index in [0.29, 0.717) is 48.0 Å². The number of fused-ring (bicyclic) bond motifs is 2. The maximum atomic E-state index is 10.4. The maximum Gasteiger partial charge on any atom is 0.210 e. The first-order valence-corrected chi connectivity index (χ1v) is 13.2. The summed E-state index contributed by atoms with van der Waals surface area (Å²) in [6.07, 6.45) is 8.82. The van der Waals surface area contributed by atoms with Gasteiger partial charge in [-0.05, 0) is 12.8 Å². The largest absolute Gasteiger partial charge is 0.452 e. The molecule has 7 rings (SSSR count). The molecule has 0 bridgehead atoms. The van der Waals surface area contributed by atoms with Crippen LogP contribution in [0.15, 0.2) is 36.9 Å². The van der Waals surface area contributed by atoms with Gasteiger partial charge in [0.05, 0.1) is 43.5 Å². The van der Waals surface area contributed by atoms with Gasteiger partial charge in [-0.15, -0.1) is 0 Å². The van der Waals surface area contributed by atoms with Gasteiger partial charge in [-0.2, -0.15) is 10.1 Å². The fraction of sp³-hybridized carbons (Fsp3) is 0.444. The van der Waals surface area contributed by atoms with Gasteiger partial charge < -0.3 is 24.5 Å². The van der Waals surface area contributed by atoms with E-state index in [1.165, 1.54) is 0 Å². The number of ether oxygens (including phenoxy) is 2. The third-order valence-electron chi connectivity index (χ3n) is 7.36. The van der Waals surface area contributed by atoms with Crippen molar-refractivity contribution in [1.82, 2.24) is 38.7 Å². The number of imidazole rings is 2. The zero-order valence-corrected chi connectivity index (χ0v) is 22.4. The van der Waals surface area contributed by atoms with E-state index in [9.17, 15) is 5.11 Å². The maximum absolute atomic E-state index is 10.4. The lowest BCUT2D eigenvalue weighted by Crippen LogP contribution is -2.28. The molecular formula is C27H31N9O3. The molecule has 1 saturated heterocycles. The van der Waals surface area contributed by atoms with Gasteiger partial charge in [0.25, 0.3) is 0 Å². The molecule has 2 N–H and O–H groups in total. The summed E-state index contributed by atoms with van der Waals surface area (Å²) in [4.78, 5) is 18.2. The Morgan fingerprint density at radius 2 is 1.87 bits per heavy atom. The first-order valence-electron chi connectivity index (χ1n) is 13.2. The summed E-state index contributed by atoms with van der Waals surface area (Å²) in [6, 6.07) is 3.68. The number of nitrogens with one attached hydrogen (secondary N) is 1. The van der Waals surface area contributed by atoms with Crippen LogP contribution in [0.25, 0.3) is 16.8 Å². The van der Waals surface area contributed by atoms with E-state index in [0.717, 1.165) is 35.5 Å². The smallest absolute Gasteiger partial charge is 0.210 e. The second-order valence-corrected chi connectivity index (χ2v) is 11.4. The third kappa shape index (κ3) is 4.29. The summed E-state index contributed by atoms with van der Waals surface area (Å²) < 4.78 is 17.4. The second-order valence-electron chi connectivity index (χ2n) is 11.4. The molecule has 6 heterocycles. The predicted octanol–water partition coefficient (Wildman–Crippen LogP) is 3.85. The van der Waals surface area contributed by atoms with E-state index < -0.39 is 6.10 Å². The van der Waals surface area contributed by atoms with Gasteiger partial charge in [0.1, 0.15) is 23.7 Å². The Bertz CT molecular complexity index is 1690. The predicted molar refractivity (Wildman–Crippen MR) is 144 cm³/mol. The number of rotatable bonds is 6. The molecule has 0 radical (unpaired) electrons. The molecule has 0 amide bonds. The van der Waals surface area contributed by atoms with E-state index in [4.69, 9.17) is 14.6 Å². The number of nitrogens with zero attached hydrogens (tertiary/aromatic N) is 8. The number of aliphatic hydroxyl groups excluding tert-OH is 1. The number of aliphatic hydroxyl groups is 1. The molecule has 12 heteroatoms. The van der Waals surface area contributed by atoms with Gasteiger partial charge in [-0.1, -0.05) is 20.8 Å². The molecule has 12 nitrogen and oxygen atoms in total. The Morgan fingerprint density at radius 3 is 2.62 bits per heavy atom. The van der Waals surface area contributed by atoms with E-state index >= 15 is 0 Å². The zero-order chi connectivity index (χ0) is 26.9. The number of hydrogen-bond acceptors (Lipinski definition) is 9. The van der Waals surface area contributed by atoms with Gasteiger partial charge >= 0.3 is 0 Å². The average molecular weight is 530 g/mol. The molecule has 1 aliphatic heterocycles. The molecule has 1 saturated carbocycles. The van der Waals surface area contributed by atoms with Crippen LogP contribution in [0.4, 0.5) is 11.8 Å². The van der Waals surface area contributed by atoms with Crippen molar-refractivity contribution in [3.05, 3.63) is 48.4 Å². The number of aryl methyl sites for hydroxylation is 1. The van der Waals surface area contributed by atoms with Crippen molar-refractivity contribution >= 4 is 28.6 Å². The molecule has 0 unspecified atom stereocenters. The molecule has 2 aliphatic rings. The minimum Gasteiger partial charge on any atom is -0.452 e. The minimum absolute atomic E-state index is 0.177. The molecule has 5 aromatic rings. The van der Waals surface area contributed by atoms with Crippen LogP contribution in [0.3, 0.4) is 0 Å². The van der Waals surface area contributed by atoms with Crippen LogP contribution in [0.1, 0.15) is 57.1 Å². The lowest BCUT2D eigenvalue weighted by molar-refractivity contribution is 0.117. The summed E-state index contributed by atoms with van der Waals surface area (Å²) in [5, 5.41) is 18.6. The first-order chi connectivity index (χ1) is 18.7. The van der Waals surface area contributed by atoms with Crippen LogP contribution in [0, 0.1) is 0 Å². The Kier molecular flexibility index (Phi) is 5.39. The van der Waals surface area contributed by atoms with Crippen molar-refractivity contribution in [3.63, 3.8) is 0 Å². The molecule has 0 spiro atoms. The van der Waals surface area contributed by atoms with Crippen LogP contribution in [0.5, 0.6) is 11.5 Å². The SMILES string of the molecule is Cn1c(Nc2cc(C(C)(C)C)n([C@H]3COC[C@@H]3O)n2)nc2ncc(Oc3cnc4cnc(C5CC5)n4c3)cc21. The van der Waals surface area contributed by atoms with Gasteiger partial charge in [-0.25, -0.2) is 15.0 Å². The number of pyridine rings is 1. The van der Waals surface area contributed by atoms with Crippen LogP contribution in [-0.4, -0.2) is 63.1 Å². The highest BCUT2D eigenvalue weighted by Crippen LogP contribution is 2.39. The second kappa shape index (κ2) is 8.75.